The number of amides is 1. The van der Waals surface area contributed by atoms with Crippen molar-refractivity contribution in [3.63, 3.8) is 0 Å². The Labute approximate surface area is 139 Å². The van der Waals surface area contributed by atoms with Gasteiger partial charge < -0.3 is 19.8 Å². The van der Waals surface area contributed by atoms with Crippen molar-refractivity contribution in [2.45, 2.75) is 12.3 Å². The number of ether oxygens (including phenoxy) is 2. The van der Waals surface area contributed by atoms with Crippen LogP contribution in [0, 0.1) is 0 Å². The fraction of sp³-hybridized carbons (Fsp3) is 0.211. The Bertz CT molecular complexity index is 930. The molecule has 2 aromatic carbocycles. The van der Waals surface area contributed by atoms with Gasteiger partial charge in [-0.25, -0.2) is 0 Å². The van der Waals surface area contributed by atoms with E-state index in [0.717, 1.165) is 27.7 Å². The molecule has 1 aliphatic rings. The molecule has 0 saturated heterocycles. The van der Waals surface area contributed by atoms with Crippen LogP contribution in [0.1, 0.15) is 23.5 Å². The fourth-order valence-corrected chi connectivity index (χ4v) is 3.48. The molecule has 1 amide bonds. The summed E-state index contributed by atoms with van der Waals surface area (Å²) in [6.45, 7) is 0. The lowest BCUT2D eigenvalue weighted by Gasteiger charge is -2.27. The summed E-state index contributed by atoms with van der Waals surface area (Å²) in [6.07, 6.45) is 2.33. The minimum atomic E-state index is -0.0203. The molecule has 24 heavy (non-hydrogen) atoms. The number of rotatable bonds is 3. The van der Waals surface area contributed by atoms with Gasteiger partial charge in [-0.15, -0.1) is 0 Å². The monoisotopic (exact) mass is 322 g/mol. The number of nitrogens with one attached hydrogen (secondary N) is 2. The Morgan fingerprint density at radius 2 is 1.83 bits per heavy atom. The summed E-state index contributed by atoms with van der Waals surface area (Å²) >= 11 is 0. The Balaban J connectivity index is 1.92. The second-order valence-corrected chi connectivity index (χ2v) is 5.89. The van der Waals surface area contributed by atoms with E-state index >= 15 is 0 Å². The quantitative estimate of drug-likeness (QED) is 0.773. The molecule has 4 rings (SSSR count). The van der Waals surface area contributed by atoms with E-state index in [9.17, 15) is 4.79 Å². The van der Waals surface area contributed by atoms with Gasteiger partial charge in [0.25, 0.3) is 0 Å². The number of aromatic amines is 1. The molecule has 122 valence electrons. The van der Waals surface area contributed by atoms with Crippen LogP contribution in [0.25, 0.3) is 10.9 Å². The van der Waals surface area contributed by atoms with Gasteiger partial charge in [-0.3, -0.25) is 4.79 Å². The van der Waals surface area contributed by atoms with Crippen LogP contribution in [0.2, 0.25) is 0 Å². The largest absolute Gasteiger partial charge is 0.493 e. The van der Waals surface area contributed by atoms with Crippen molar-refractivity contribution in [2.24, 2.45) is 0 Å². The number of methoxy groups -OCH3 is 2. The molecule has 0 radical (unpaired) electrons. The number of hydrogen-bond acceptors (Lipinski definition) is 3. The molecule has 0 saturated carbocycles. The van der Waals surface area contributed by atoms with E-state index in [4.69, 9.17) is 9.47 Å². The number of fused-ring (bicyclic) bond motifs is 2. The predicted octanol–water partition coefficient (Wildman–Crippen LogP) is 3.66. The van der Waals surface area contributed by atoms with Crippen LogP contribution in [0.4, 0.5) is 5.69 Å². The molecular weight excluding hydrogens is 304 g/mol. The number of benzene rings is 2. The normalized spacial score (nSPS) is 16.6. The van der Waals surface area contributed by atoms with Crippen molar-refractivity contribution in [3.8, 4) is 11.5 Å². The van der Waals surface area contributed by atoms with Crippen molar-refractivity contribution in [3.05, 3.63) is 53.7 Å². The summed E-state index contributed by atoms with van der Waals surface area (Å²) in [7, 11) is 3.21. The summed E-state index contributed by atoms with van der Waals surface area (Å²) < 4.78 is 10.8. The Hall–Kier alpha value is -2.95. The first-order valence-electron chi connectivity index (χ1n) is 7.83. The molecule has 3 aromatic rings. The first kappa shape index (κ1) is 14.6. The summed E-state index contributed by atoms with van der Waals surface area (Å²) in [5.41, 5.74) is 4.03. The molecule has 0 fully saturated rings. The van der Waals surface area contributed by atoms with Gasteiger partial charge in [-0.05, 0) is 29.3 Å². The van der Waals surface area contributed by atoms with Crippen LogP contribution in [-0.4, -0.2) is 25.1 Å². The maximum absolute atomic E-state index is 12.2. The van der Waals surface area contributed by atoms with Crippen molar-refractivity contribution >= 4 is 22.5 Å². The zero-order valence-electron chi connectivity index (χ0n) is 13.6. The van der Waals surface area contributed by atoms with Crippen molar-refractivity contribution < 1.29 is 14.3 Å². The first-order chi connectivity index (χ1) is 11.7. The summed E-state index contributed by atoms with van der Waals surface area (Å²) in [6, 6.07) is 12.0. The number of carbonyl (C=O) groups excluding carboxylic acids is 1. The first-order valence-corrected chi connectivity index (χ1v) is 7.83. The van der Waals surface area contributed by atoms with E-state index in [0.29, 0.717) is 17.9 Å². The lowest BCUT2D eigenvalue weighted by Crippen LogP contribution is -2.23. The van der Waals surface area contributed by atoms with E-state index in [1.54, 1.807) is 14.2 Å². The van der Waals surface area contributed by atoms with Crippen LogP contribution in [0.5, 0.6) is 11.5 Å². The van der Waals surface area contributed by atoms with Crippen LogP contribution in [-0.2, 0) is 4.79 Å². The van der Waals surface area contributed by atoms with E-state index in [2.05, 4.69) is 22.4 Å². The average molecular weight is 322 g/mol. The molecule has 2 N–H and O–H groups in total. The van der Waals surface area contributed by atoms with Gasteiger partial charge in [0, 0.05) is 41.2 Å². The van der Waals surface area contributed by atoms with E-state index in [1.807, 2.05) is 30.5 Å². The van der Waals surface area contributed by atoms with Crippen molar-refractivity contribution in [2.75, 3.05) is 19.5 Å². The minimum Gasteiger partial charge on any atom is -0.493 e. The summed E-state index contributed by atoms with van der Waals surface area (Å²) in [5.74, 6) is 1.26. The van der Waals surface area contributed by atoms with Gasteiger partial charge in [-0.1, -0.05) is 12.1 Å². The second kappa shape index (κ2) is 5.60. The molecule has 0 spiro atoms. The van der Waals surface area contributed by atoms with E-state index in [-0.39, 0.29) is 11.8 Å². The van der Waals surface area contributed by atoms with Gasteiger partial charge in [-0.2, -0.15) is 0 Å². The lowest BCUT2D eigenvalue weighted by molar-refractivity contribution is -0.116. The summed E-state index contributed by atoms with van der Waals surface area (Å²) in [5, 5.41) is 4.08. The topological polar surface area (TPSA) is 63.4 Å². The minimum absolute atomic E-state index is 0.00672. The third-order valence-corrected chi connectivity index (χ3v) is 4.60. The molecule has 1 aromatic heterocycles. The molecule has 1 unspecified atom stereocenters. The molecule has 0 aliphatic carbocycles. The number of anilines is 1. The highest BCUT2D eigenvalue weighted by Gasteiger charge is 2.29. The molecule has 2 heterocycles. The maximum atomic E-state index is 12.2. The third kappa shape index (κ3) is 2.21. The van der Waals surface area contributed by atoms with Gasteiger partial charge in [0.1, 0.15) is 0 Å². The highest BCUT2D eigenvalue weighted by molar-refractivity contribution is 5.97. The Morgan fingerprint density at radius 1 is 1.04 bits per heavy atom. The number of carbonyl (C=O) groups is 1. The summed E-state index contributed by atoms with van der Waals surface area (Å²) in [4.78, 5) is 15.5. The number of aromatic nitrogens is 1. The van der Waals surface area contributed by atoms with Crippen LogP contribution >= 0.6 is 0 Å². The molecule has 1 atom stereocenters. The van der Waals surface area contributed by atoms with Crippen LogP contribution in [0.15, 0.2) is 42.6 Å². The predicted molar refractivity (Wildman–Crippen MR) is 92.9 cm³/mol. The zero-order valence-corrected chi connectivity index (χ0v) is 13.6. The molecule has 0 bridgehead atoms. The van der Waals surface area contributed by atoms with E-state index in [1.165, 1.54) is 0 Å². The molecular formula is C19H18N2O3. The van der Waals surface area contributed by atoms with E-state index < -0.39 is 0 Å². The molecule has 5 heteroatoms. The zero-order chi connectivity index (χ0) is 16.7. The highest BCUT2D eigenvalue weighted by Crippen LogP contribution is 2.44. The number of hydrogen-bond donors (Lipinski definition) is 2. The standard InChI is InChI=1S/C19H18N2O3/c1-23-17-8-14-13(9-19(22)21-16(14)10-18(17)24-2)11-4-3-5-15-12(11)6-7-20-15/h3-8,10,13,20H,9H2,1-2H3,(H,21,22). The number of H-pyrrole nitrogens is 1. The second-order valence-electron chi connectivity index (χ2n) is 5.89. The van der Waals surface area contributed by atoms with Gasteiger partial charge in [0.15, 0.2) is 11.5 Å². The van der Waals surface area contributed by atoms with Crippen molar-refractivity contribution in [1.82, 2.24) is 4.98 Å². The van der Waals surface area contributed by atoms with Gasteiger partial charge >= 0.3 is 0 Å². The Morgan fingerprint density at radius 3 is 2.62 bits per heavy atom. The highest BCUT2D eigenvalue weighted by atomic mass is 16.5. The SMILES string of the molecule is COc1cc2c(cc1OC)C(c1cccc3[nH]ccc13)CC(=O)N2. The van der Waals surface area contributed by atoms with Crippen LogP contribution < -0.4 is 14.8 Å². The lowest BCUT2D eigenvalue weighted by atomic mass is 9.83. The maximum Gasteiger partial charge on any atom is 0.225 e. The molecule has 5 nitrogen and oxygen atoms in total. The Kier molecular flexibility index (Phi) is 3.41. The van der Waals surface area contributed by atoms with Gasteiger partial charge in [0.2, 0.25) is 5.91 Å². The smallest absolute Gasteiger partial charge is 0.225 e. The van der Waals surface area contributed by atoms with Crippen molar-refractivity contribution in [1.29, 1.82) is 0 Å². The van der Waals surface area contributed by atoms with Crippen LogP contribution in [0.3, 0.4) is 0 Å². The fourth-order valence-electron chi connectivity index (χ4n) is 3.48. The third-order valence-electron chi connectivity index (χ3n) is 4.60. The molecule has 1 aliphatic heterocycles. The van der Waals surface area contributed by atoms with Gasteiger partial charge in [0.05, 0.1) is 14.2 Å². The average Bonchev–Trinajstić information content (AvgIpc) is 3.08.